The molecule has 1 aliphatic heterocycles. The van der Waals surface area contributed by atoms with Crippen molar-refractivity contribution in [3.8, 4) is 5.75 Å². The van der Waals surface area contributed by atoms with Crippen LogP contribution in [-0.4, -0.2) is 10.9 Å². The van der Waals surface area contributed by atoms with Crippen LogP contribution in [0, 0.1) is 0 Å². The van der Waals surface area contributed by atoms with Crippen LogP contribution in [0.15, 0.2) is 33.5 Å². The molecule has 3 atom stereocenters. The average Bonchev–Trinajstić information content (AvgIpc) is 2.91. The number of rotatable bonds is 0. The van der Waals surface area contributed by atoms with Gasteiger partial charge in [0.15, 0.2) is 0 Å². The highest BCUT2D eigenvalue weighted by Crippen LogP contribution is 2.49. The first-order chi connectivity index (χ1) is 8.75. The van der Waals surface area contributed by atoms with Gasteiger partial charge in [-0.25, -0.2) is 4.79 Å². The molecule has 0 saturated heterocycles. The maximum Gasteiger partial charge on any atom is 0.343 e. The fourth-order valence-electron chi connectivity index (χ4n) is 3.10. The highest BCUT2D eigenvalue weighted by molar-refractivity contribution is 9.09. The zero-order valence-electron chi connectivity index (χ0n) is 9.56. The van der Waals surface area contributed by atoms with Gasteiger partial charge in [-0.1, -0.05) is 28.1 Å². The molecule has 18 heavy (non-hydrogen) atoms. The minimum Gasteiger partial charge on any atom is -0.487 e. The van der Waals surface area contributed by atoms with Crippen LogP contribution in [0.5, 0.6) is 5.75 Å². The van der Waals surface area contributed by atoms with Gasteiger partial charge in [0.05, 0.1) is 15.8 Å². The van der Waals surface area contributed by atoms with Gasteiger partial charge in [-0.05, 0) is 25.0 Å². The number of fused-ring (bicyclic) bond motifs is 5. The van der Waals surface area contributed by atoms with E-state index >= 15 is 0 Å². The van der Waals surface area contributed by atoms with E-state index < -0.39 is 0 Å². The number of para-hydroxylation sites is 1. The summed E-state index contributed by atoms with van der Waals surface area (Å²) in [5.74, 6) is 0.922. The summed E-state index contributed by atoms with van der Waals surface area (Å²) in [6.07, 6.45) is 2.10. The molecule has 2 aromatic rings. The summed E-state index contributed by atoms with van der Waals surface area (Å²) in [5.41, 5.74) is 1.10. The fourth-order valence-corrected chi connectivity index (χ4v) is 3.84. The minimum absolute atomic E-state index is 0.0775. The van der Waals surface area contributed by atoms with Crippen molar-refractivity contribution in [2.75, 3.05) is 0 Å². The number of hydrogen-bond donors (Lipinski definition) is 0. The van der Waals surface area contributed by atoms with Gasteiger partial charge in [-0.15, -0.1) is 0 Å². The summed E-state index contributed by atoms with van der Waals surface area (Å²) in [4.78, 5) is 12.4. The summed E-state index contributed by atoms with van der Waals surface area (Å²) in [6.45, 7) is 0. The molecule has 3 nitrogen and oxygen atoms in total. The zero-order chi connectivity index (χ0) is 12.3. The molecule has 1 aliphatic carbocycles. The van der Waals surface area contributed by atoms with Crippen LogP contribution in [0.2, 0.25) is 0 Å². The fraction of sp³-hybridized carbons (Fsp3) is 0.357. The molecule has 0 spiro atoms. The highest BCUT2D eigenvalue weighted by Gasteiger charge is 2.46. The summed E-state index contributed by atoms with van der Waals surface area (Å²) in [5, 5.41) is 0.904. The van der Waals surface area contributed by atoms with E-state index in [1.54, 1.807) is 6.07 Å². The minimum atomic E-state index is -0.238. The number of halogens is 1. The lowest BCUT2D eigenvalue weighted by molar-refractivity contribution is 0.234. The topological polar surface area (TPSA) is 39.4 Å². The van der Waals surface area contributed by atoms with Crippen molar-refractivity contribution in [3.05, 3.63) is 40.2 Å². The van der Waals surface area contributed by atoms with Gasteiger partial charge in [-0.3, -0.25) is 0 Å². The van der Waals surface area contributed by atoms with Crippen LogP contribution in [0.25, 0.3) is 11.0 Å². The van der Waals surface area contributed by atoms with Gasteiger partial charge in [0.25, 0.3) is 0 Å². The second-order valence-electron chi connectivity index (χ2n) is 4.91. The van der Waals surface area contributed by atoms with Gasteiger partial charge in [-0.2, -0.15) is 0 Å². The maximum atomic E-state index is 12.1. The Hall–Kier alpha value is -1.29. The average molecular weight is 307 g/mol. The number of ether oxygens (including phenoxy) is 1. The molecule has 2 aliphatic rings. The standard InChI is InChI=1S/C14H11BrO3/c15-9-6-5-8-11-13(18-12(8)9)7-3-1-2-4-10(7)17-14(11)16/h1-4,8-9,12H,5-6H2/t8?,9-,12-/m0/s1. The monoisotopic (exact) mass is 306 g/mol. The molecule has 4 rings (SSSR count). The van der Waals surface area contributed by atoms with Gasteiger partial charge in [0.2, 0.25) is 0 Å². The quantitative estimate of drug-likeness (QED) is 0.554. The van der Waals surface area contributed by atoms with E-state index in [-0.39, 0.29) is 17.6 Å². The molecule has 0 amide bonds. The van der Waals surface area contributed by atoms with E-state index in [0.29, 0.717) is 10.4 Å². The van der Waals surface area contributed by atoms with Crippen molar-refractivity contribution < 1.29 is 9.15 Å². The molecule has 1 fully saturated rings. The maximum absolute atomic E-state index is 12.1. The van der Waals surface area contributed by atoms with Gasteiger partial charge >= 0.3 is 5.63 Å². The lowest BCUT2D eigenvalue weighted by atomic mass is 9.98. The van der Waals surface area contributed by atoms with Crippen LogP contribution in [0.3, 0.4) is 0 Å². The van der Waals surface area contributed by atoms with Crippen LogP contribution in [-0.2, 0) is 0 Å². The molecule has 1 aromatic carbocycles. The molecule has 1 saturated carbocycles. The number of hydrogen-bond acceptors (Lipinski definition) is 3. The molecule has 4 heteroatoms. The third kappa shape index (κ3) is 1.27. The predicted octanol–water partition coefficient (Wildman–Crippen LogP) is 3.19. The third-order valence-corrected chi connectivity index (χ3v) is 4.91. The summed E-state index contributed by atoms with van der Waals surface area (Å²) in [6, 6.07) is 7.55. The Morgan fingerprint density at radius 2 is 2.06 bits per heavy atom. The van der Waals surface area contributed by atoms with Crippen molar-refractivity contribution in [1.82, 2.24) is 0 Å². The molecular weight excluding hydrogens is 296 g/mol. The predicted molar refractivity (Wildman–Crippen MR) is 71.6 cm³/mol. The Labute approximate surface area is 112 Å². The number of alkyl halides is 1. The van der Waals surface area contributed by atoms with E-state index in [1.807, 2.05) is 18.2 Å². The van der Waals surface area contributed by atoms with Crippen LogP contribution in [0.4, 0.5) is 0 Å². The largest absolute Gasteiger partial charge is 0.487 e. The smallest absolute Gasteiger partial charge is 0.343 e. The van der Waals surface area contributed by atoms with E-state index in [1.165, 1.54) is 0 Å². The van der Waals surface area contributed by atoms with Gasteiger partial charge in [0, 0.05) is 5.92 Å². The van der Waals surface area contributed by atoms with E-state index in [0.717, 1.165) is 29.5 Å². The van der Waals surface area contributed by atoms with Crippen LogP contribution < -0.4 is 10.4 Å². The third-order valence-electron chi connectivity index (χ3n) is 3.93. The SMILES string of the molecule is O=c1oc2ccccc2c2c1C1CC[C@H](Br)[C@H]1O2. The van der Waals surface area contributed by atoms with Crippen molar-refractivity contribution in [1.29, 1.82) is 0 Å². The van der Waals surface area contributed by atoms with Crippen molar-refractivity contribution in [2.24, 2.45) is 0 Å². The molecule has 0 N–H and O–H groups in total. The van der Waals surface area contributed by atoms with E-state index in [9.17, 15) is 4.79 Å². The zero-order valence-corrected chi connectivity index (χ0v) is 11.1. The van der Waals surface area contributed by atoms with Crippen molar-refractivity contribution >= 4 is 26.9 Å². The summed E-state index contributed by atoms with van der Waals surface area (Å²) >= 11 is 3.64. The van der Waals surface area contributed by atoms with Gasteiger partial charge < -0.3 is 9.15 Å². The van der Waals surface area contributed by atoms with Gasteiger partial charge in [0.1, 0.15) is 17.4 Å². The summed E-state index contributed by atoms with van der Waals surface area (Å²) < 4.78 is 11.4. The Balaban J connectivity index is 2.03. The van der Waals surface area contributed by atoms with E-state index in [2.05, 4.69) is 15.9 Å². The molecule has 92 valence electrons. The van der Waals surface area contributed by atoms with E-state index in [4.69, 9.17) is 9.15 Å². The molecule has 0 radical (unpaired) electrons. The van der Waals surface area contributed by atoms with Crippen molar-refractivity contribution in [2.45, 2.75) is 29.7 Å². The first-order valence-corrected chi connectivity index (χ1v) is 7.04. The first kappa shape index (κ1) is 10.6. The Morgan fingerprint density at radius 1 is 1.22 bits per heavy atom. The molecule has 1 aromatic heterocycles. The van der Waals surface area contributed by atoms with Crippen LogP contribution >= 0.6 is 15.9 Å². The Morgan fingerprint density at radius 3 is 2.94 bits per heavy atom. The lowest BCUT2D eigenvalue weighted by Crippen LogP contribution is -2.22. The molecule has 2 heterocycles. The molecular formula is C14H11BrO3. The second-order valence-corrected chi connectivity index (χ2v) is 6.09. The Bertz CT molecular complexity index is 691. The normalized spacial score (nSPS) is 29.1. The van der Waals surface area contributed by atoms with Crippen LogP contribution in [0.1, 0.15) is 24.3 Å². The highest BCUT2D eigenvalue weighted by atomic mass is 79.9. The first-order valence-electron chi connectivity index (χ1n) is 6.12. The summed E-state index contributed by atoms with van der Waals surface area (Å²) in [7, 11) is 0. The number of benzene rings is 1. The molecule has 0 bridgehead atoms. The van der Waals surface area contributed by atoms with Crippen molar-refractivity contribution in [3.63, 3.8) is 0 Å². The Kier molecular flexibility index (Phi) is 2.13. The molecule has 1 unspecified atom stereocenters. The lowest BCUT2D eigenvalue weighted by Gasteiger charge is -2.12. The second kappa shape index (κ2) is 3.60.